The maximum Gasteiger partial charge on any atom is 0.410 e. The Bertz CT molecular complexity index is 724. The second-order valence-electron chi connectivity index (χ2n) is 7.87. The molecule has 0 bridgehead atoms. The minimum absolute atomic E-state index is 0.0902. The Morgan fingerprint density at radius 3 is 2.38 bits per heavy atom. The van der Waals surface area contributed by atoms with Crippen molar-refractivity contribution in [2.45, 2.75) is 26.4 Å². The number of carbonyl (C=O) groups excluding carboxylic acids is 2. The van der Waals surface area contributed by atoms with Gasteiger partial charge < -0.3 is 19.6 Å². The minimum atomic E-state index is -0.969. The van der Waals surface area contributed by atoms with Crippen molar-refractivity contribution in [2.75, 3.05) is 26.2 Å². The van der Waals surface area contributed by atoms with E-state index in [0.717, 1.165) is 0 Å². The first-order valence-electron chi connectivity index (χ1n) is 8.37. The van der Waals surface area contributed by atoms with Crippen molar-refractivity contribution < 1.29 is 24.2 Å². The summed E-state index contributed by atoms with van der Waals surface area (Å²) >= 11 is 0. The summed E-state index contributed by atoms with van der Waals surface area (Å²) in [5.74, 6) is -2.05. The average molecular weight is 362 g/mol. The average Bonchev–Trinajstić information content (AvgIpc) is 2.93. The summed E-state index contributed by atoms with van der Waals surface area (Å²) < 4.78 is 5.32. The molecule has 3 heterocycles. The molecule has 9 nitrogen and oxygen atoms in total. The van der Waals surface area contributed by atoms with E-state index in [2.05, 4.69) is 9.97 Å². The van der Waals surface area contributed by atoms with E-state index < -0.39 is 29.0 Å². The molecule has 0 radical (unpaired) electrons. The summed E-state index contributed by atoms with van der Waals surface area (Å²) in [6.45, 7) is 6.18. The molecule has 0 saturated carbocycles. The Hall–Kier alpha value is -2.71. The van der Waals surface area contributed by atoms with Crippen LogP contribution in [-0.2, 0) is 9.53 Å². The molecule has 1 unspecified atom stereocenters. The van der Waals surface area contributed by atoms with Crippen LogP contribution in [0.15, 0.2) is 18.6 Å². The van der Waals surface area contributed by atoms with Crippen molar-refractivity contribution in [3.05, 3.63) is 24.3 Å². The van der Waals surface area contributed by atoms with Crippen LogP contribution in [-0.4, -0.2) is 74.6 Å². The number of carboxylic acid groups (broad SMARTS) is 1. The minimum Gasteiger partial charge on any atom is -0.481 e. The topological polar surface area (TPSA) is 113 Å². The van der Waals surface area contributed by atoms with E-state index in [1.54, 1.807) is 20.8 Å². The molecule has 1 aromatic heterocycles. The highest BCUT2D eigenvalue weighted by molar-refractivity contribution is 5.93. The van der Waals surface area contributed by atoms with Crippen LogP contribution in [0, 0.1) is 11.3 Å². The second kappa shape index (κ2) is 6.22. The van der Waals surface area contributed by atoms with Gasteiger partial charge in [0.15, 0.2) is 0 Å². The number of likely N-dealkylation sites (tertiary alicyclic amines) is 2. The molecule has 2 aliphatic heterocycles. The van der Waals surface area contributed by atoms with Gasteiger partial charge in [0.1, 0.15) is 11.3 Å². The van der Waals surface area contributed by atoms with E-state index in [0.29, 0.717) is 0 Å². The number of nitrogens with zero attached hydrogens (tertiary/aromatic N) is 4. The Morgan fingerprint density at radius 2 is 1.85 bits per heavy atom. The number of ether oxygens (including phenoxy) is 1. The van der Waals surface area contributed by atoms with Gasteiger partial charge in [0.05, 0.1) is 12.1 Å². The first-order chi connectivity index (χ1) is 12.1. The summed E-state index contributed by atoms with van der Waals surface area (Å²) in [5.41, 5.74) is -1.09. The fraction of sp³-hybridized carbons (Fsp3) is 0.588. The van der Waals surface area contributed by atoms with Gasteiger partial charge in [-0.3, -0.25) is 14.6 Å². The Labute approximate surface area is 151 Å². The lowest BCUT2D eigenvalue weighted by atomic mass is 9.72. The van der Waals surface area contributed by atoms with Crippen molar-refractivity contribution in [3.63, 3.8) is 0 Å². The van der Waals surface area contributed by atoms with Gasteiger partial charge in [-0.2, -0.15) is 0 Å². The van der Waals surface area contributed by atoms with Crippen LogP contribution in [0.4, 0.5) is 4.79 Å². The number of carbonyl (C=O) groups is 3. The fourth-order valence-electron chi connectivity index (χ4n) is 3.53. The molecule has 2 fully saturated rings. The van der Waals surface area contributed by atoms with Crippen LogP contribution in [0.3, 0.4) is 0 Å². The summed E-state index contributed by atoms with van der Waals surface area (Å²) in [6, 6.07) is 0. The highest BCUT2D eigenvalue weighted by atomic mass is 16.6. The van der Waals surface area contributed by atoms with Gasteiger partial charge in [-0.15, -0.1) is 0 Å². The number of aromatic nitrogens is 2. The van der Waals surface area contributed by atoms with Gasteiger partial charge in [0.25, 0.3) is 5.91 Å². The normalized spacial score (nSPS) is 21.4. The zero-order valence-electron chi connectivity index (χ0n) is 15.0. The maximum atomic E-state index is 12.6. The van der Waals surface area contributed by atoms with Crippen molar-refractivity contribution in [2.24, 2.45) is 11.3 Å². The molecule has 1 atom stereocenters. The first-order valence-corrected chi connectivity index (χ1v) is 8.37. The molecule has 1 spiro atoms. The molecule has 1 aromatic rings. The van der Waals surface area contributed by atoms with Gasteiger partial charge in [-0.25, -0.2) is 9.78 Å². The third-order valence-corrected chi connectivity index (χ3v) is 4.68. The molecule has 140 valence electrons. The van der Waals surface area contributed by atoms with Gasteiger partial charge in [-0.05, 0) is 20.8 Å². The highest BCUT2D eigenvalue weighted by Gasteiger charge is 2.59. The largest absolute Gasteiger partial charge is 0.481 e. The molecule has 0 aliphatic carbocycles. The van der Waals surface area contributed by atoms with Gasteiger partial charge >= 0.3 is 12.1 Å². The SMILES string of the molecule is CC(C)(C)OC(=O)N1CC2(C1)CN(C(=O)c1cnccn1)CC2C(=O)O. The summed E-state index contributed by atoms with van der Waals surface area (Å²) in [6.07, 6.45) is 3.77. The van der Waals surface area contributed by atoms with Gasteiger partial charge in [-0.1, -0.05) is 0 Å². The number of aliphatic carboxylic acids is 1. The van der Waals surface area contributed by atoms with E-state index in [4.69, 9.17) is 4.74 Å². The zero-order valence-corrected chi connectivity index (χ0v) is 15.0. The maximum absolute atomic E-state index is 12.6. The van der Waals surface area contributed by atoms with Crippen molar-refractivity contribution in [3.8, 4) is 0 Å². The molecule has 2 saturated heterocycles. The smallest absolute Gasteiger partial charge is 0.410 e. The molecule has 2 aliphatic rings. The second-order valence-corrected chi connectivity index (χ2v) is 7.87. The van der Waals surface area contributed by atoms with Crippen LogP contribution < -0.4 is 0 Å². The molecule has 0 aromatic carbocycles. The zero-order chi connectivity index (χ0) is 19.1. The lowest BCUT2D eigenvalue weighted by Crippen LogP contribution is -2.63. The number of hydrogen-bond donors (Lipinski definition) is 1. The lowest BCUT2D eigenvalue weighted by molar-refractivity contribution is -0.149. The molecule has 3 rings (SSSR count). The Kier molecular flexibility index (Phi) is 4.33. The predicted octanol–water partition coefficient (Wildman–Crippen LogP) is 0.870. The number of carboxylic acids is 1. The summed E-state index contributed by atoms with van der Waals surface area (Å²) in [5, 5.41) is 9.59. The Balaban J connectivity index is 1.71. The molecule has 26 heavy (non-hydrogen) atoms. The monoisotopic (exact) mass is 362 g/mol. The number of hydrogen-bond acceptors (Lipinski definition) is 6. The fourth-order valence-corrected chi connectivity index (χ4v) is 3.53. The van der Waals surface area contributed by atoms with Crippen molar-refractivity contribution >= 4 is 18.0 Å². The molecule has 1 N–H and O–H groups in total. The van der Waals surface area contributed by atoms with E-state index in [9.17, 15) is 19.5 Å². The van der Waals surface area contributed by atoms with Crippen molar-refractivity contribution in [1.82, 2.24) is 19.8 Å². The number of amides is 2. The van der Waals surface area contributed by atoms with Gasteiger partial charge in [0.2, 0.25) is 0 Å². The Morgan fingerprint density at radius 1 is 1.19 bits per heavy atom. The third-order valence-electron chi connectivity index (χ3n) is 4.68. The highest BCUT2D eigenvalue weighted by Crippen LogP contribution is 2.44. The summed E-state index contributed by atoms with van der Waals surface area (Å²) in [4.78, 5) is 47.3. The number of rotatable bonds is 2. The molecular formula is C17H22N4O5. The summed E-state index contributed by atoms with van der Waals surface area (Å²) in [7, 11) is 0. The van der Waals surface area contributed by atoms with Crippen LogP contribution in [0.25, 0.3) is 0 Å². The van der Waals surface area contributed by atoms with E-state index in [1.165, 1.54) is 28.4 Å². The van der Waals surface area contributed by atoms with Crippen molar-refractivity contribution in [1.29, 1.82) is 0 Å². The van der Waals surface area contributed by atoms with Crippen LogP contribution in [0.2, 0.25) is 0 Å². The van der Waals surface area contributed by atoms with Crippen LogP contribution >= 0.6 is 0 Å². The molecule has 2 amide bonds. The molecular weight excluding hydrogens is 340 g/mol. The van der Waals surface area contributed by atoms with Crippen LogP contribution in [0.5, 0.6) is 0 Å². The van der Waals surface area contributed by atoms with E-state index in [1.807, 2.05) is 0 Å². The van der Waals surface area contributed by atoms with E-state index >= 15 is 0 Å². The van der Waals surface area contributed by atoms with E-state index in [-0.39, 0.29) is 37.8 Å². The van der Waals surface area contributed by atoms with Gasteiger partial charge in [0, 0.05) is 44.0 Å². The standard InChI is InChI=1S/C17H22N4O5/c1-16(2,3)26-15(25)21-9-17(10-21)8-20(7-11(17)14(23)24)13(22)12-6-18-4-5-19-12/h4-6,11H,7-10H2,1-3H3,(H,23,24). The molecule has 9 heteroatoms. The quantitative estimate of drug-likeness (QED) is 0.830. The lowest BCUT2D eigenvalue weighted by Gasteiger charge is -2.49. The predicted molar refractivity (Wildman–Crippen MR) is 89.3 cm³/mol. The third kappa shape index (κ3) is 3.33. The first kappa shape index (κ1) is 18.1. The van der Waals surface area contributed by atoms with Crippen LogP contribution in [0.1, 0.15) is 31.3 Å².